The SMILES string of the molecule is COCCNS(=O)(=O)c1ccc(OCC(=O)N2CCOc3ccccc32)cc1. The minimum Gasteiger partial charge on any atom is -0.490 e. The summed E-state index contributed by atoms with van der Waals surface area (Å²) in [5, 5.41) is 0. The Labute approximate surface area is 164 Å². The van der Waals surface area contributed by atoms with Crippen LogP contribution in [0.1, 0.15) is 0 Å². The molecule has 1 aliphatic rings. The van der Waals surface area contributed by atoms with Gasteiger partial charge in [-0.3, -0.25) is 4.79 Å². The molecule has 1 amide bonds. The first kappa shape index (κ1) is 20.1. The van der Waals surface area contributed by atoms with Gasteiger partial charge in [0.05, 0.1) is 23.7 Å². The first-order chi connectivity index (χ1) is 13.5. The topological polar surface area (TPSA) is 94.2 Å². The van der Waals surface area contributed by atoms with Crippen molar-refractivity contribution in [2.45, 2.75) is 4.90 Å². The maximum atomic E-state index is 12.5. The number of nitrogens with zero attached hydrogens (tertiary/aromatic N) is 1. The van der Waals surface area contributed by atoms with Crippen LogP contribution >= 0.6 is 0 Å². The number of benzene rings is 2. The first-order valence-electron chi connectivity index (χ1n) is 8.75. The van der Waals surface area contributed by atoms with E-state index in [1.807, 2.05) is 24.3 Å². The van der Waals surface area contributed by atoms with Gasteiger partial charge in [-0.05, 0) is 36.4 Å². The van der Waals surface area contributed by atoms with Crippen LogP contribution in [-0.2, 0) is 19.6 Å². The number of nitrogens with one attached hydrogen (secondary N) is 1. The van der Waals surface area contributed by atoms with Crippen molar-refractivity contribution in [2.24, 2.45) is 0 Å². The predicted octanol–water partition coefficient (Wildman–Crippen LogP) is 1.42. The van der Waals surface area contributed by atoms with Crippen LogP contribution in [0.25, 0.3) is 0 Å². The molecule has 1 aliphatic heterocycles. The number of amides is 1. The van der Waals surface area contributed by atoms with Gasteiger partial charge in [0.25, 0.3) is 5.91 Å². The standard InChI is InChI=1S/C19H22N2O6S/c1-25-12-10-20-28(23,24)16-8-6-15(7-9-16)27-14-19(22)21-11-13-26-18-5-3-2-4-17(18)21/h2-9,20H,10-14H2,1H3. The van der Waals surface area contributed by atoms with Gasteiger partial charge >= 0.3 is 0 Å². The molecular weight excluding hydrogens is 384 g/mol. The molecule has 150 valence electrons. The summed E-state index contributed by atoms with van der Waals surface area (Å²) in [6.07, 6.45) is 0. The zero-order valence-corrected chi connectivity index (χ0v) is 16.3. The molecule has 0 spiro atoms. The van der Waals surface area contributed by atoms with E-state index < -0.39 is 10.0 Å². The number of para-hydroxylation sites is 2. The average molecular weight is 406 g/mol. The molecule has 0 unspecified atom stereocenters. The lowest BCUT2D eigenvalue weighted by molar-refractivity contribution is -0.120. The van der Waals surface area contributed by atoms with E-state index in [2.05, 4.69) is 4.72 Å². The van der Waals surface area contributed by atoms with Gasteiger partial charge in [-0.2, -0.15) is 0 Å². The van der Waals surface area contributed by atoms with Crippen molar-refractivity contribution in [1.82, 2.24) is 4.72 Å². The van der Waals surface area contributed by atoms with Gasteiger partial charge in [-0.25, -0.2) is 13.1 Å². The first-order valence-corrected chi connectivity index (χ1v) is 10.2. The molecule has 0 saturated heterocycles. The molecule has 0 fully saturated rings. The predicted molar refractivity (Wildman–Crippen MR) is 103 cm³/mol. The summed E-state index contributed by atoms with van der Waals surface area (Å²) >= 11 is 0. The highest BCUT2D eigenvalue weighted by Gasteiger charge is 2.23. The molecule has 0 bridgehead atoms. The molecule has 3 rings (SSSR count). The van der Waals surface area contributed by atoms with Gasteiger partial charge in [0, 0.05) is 13.7 Å². The van der Waals surface area contributed by atoms with Crippen LogP contribution in [0, 0.1) is 0 Å². The van der Waals surface area contributed by atoms with E-state index >= 15 is 0 Å². The van der Waals surface area contributed by atoms with E-state index in [1.165, 1.54) is 31.4 Å². The molecular formula is C19H22N2O6S. The third kappa shape index (κ3) is 4.80. The summed E-state index contributed by atoms with van der Waals surface area (Å²) in [6, 6.07) is 13.2. The molecule has 1 heterocycles. The van der Waals surface area contributed by atoms with E-state index in [9.17, 15) is 13.2 Å². The zero-order valence-electron chi connectivity index (χ0n) is 15.5. The number of fused-ring (bicyclic) bond motifs is 1. The molecule has 2 aromatic carbocycles. The van der Waals surface area contributed by atoms with Crippen molar-refractivity contribution in [3.05, 3.63) is 48.5 Å². The molecule has 0 aliphatic carbocycles. The molecule has 2 aromatic rings. The largest absolute Gasteiger partial charge is 0.490 e. The second-order valence-corrected chi connectivity index (χ2v) is 7.78. The average Bonchev–Trinajstić information content (AvgIpc) is 2.72. The molecule has 0 aromatic heterocycles. The Morgan fingerprint density at radius 2 is 1.93 bits per heavy atom. The molecule has 9 heteroatoms. The number of hydrogen-bond acceptors (Lipinski definition) is 6. The minimum absolute atomic E-state index is 0.115. The summed E-state index contributed by atoms with van der Waals surface area (Å²) in [5.74, 6) is 0.872. The summed E-state index contributed by atoms with van der Waals surface area (Å²) in [6.45, 7) is 1.18. The monoisotopic (exact) mass is 406 g/mol. The Morgan fingerprint density at radius 1 is 1.18 bits per heavy atom. The third-order valence-electron chi connectivity index (χ3n) is 4.12. The summed E-state index contributed by atoms with van der Waals surface area (Å²) in [5.41, 5.74) is 0.714. The zero-order chi connectivity index (χ0) is 20.0. The van der Waals surface area contributed by atoms with Gasteiger partial charge < -0.3 is 19.1 Å². The number of carbonyl (C=O) groups excluding carboxylic acids is 1. The maximum absolute atomic E-state index is 12.5. The van der Waals surface area contributed by atoms with Crippen LogP contribution in [0.15, 0.2) is 53.4 Å². The maximum Gasteiger partial charge on any atom is 0.265 e. The summed E-state index contributed by atoms with van der Waals surface area (Å²) in [4.78, 5) is 14.3. The summed E-state index contributed by atoms with van der Waals surface area (Å²) < 4.78 is 42.6. The fourth-order valence-electron chi connectivity index (χ4n) is 2.73. The fraction of sp³-hybridized carbons (Fsp3) is 0.316. The van der Waals surface area contributed by atoms with Gasteiger partial charge in [-0.15, -0.1) is 0 Å². The Bertz CT molecular complexity index is 914. The van der Waals surface area contributed by atoms with Gasteiger partial charge in [0.15, 0.2) is 6.61 Å². The van der Waals surface area contributed by atoms with E-state index in [1.54, 1.807) is 4.90 Å². The van der Waals surface area contributed by atoms with Crippen molar-refractivity contribution < 1.29 is 27.4 Å². The van der Waals surface area contributed by atoms with Gasteiger partial charge in [0.1, 0.15) is 18.1 Å². The quantitative estimate of drug-likeness (QED) is 0.667. The van der Waals surface area contributed by atoms with Crippen LogP contribution in [0.3, 0.4) is 0 Å². The molecule has 28 heavy (non-hydrogen) atoms. The molecule has 0 atom stereocenters. The smallest absolute Gasteiger partial charge is 0.265 e. The van der Waals surface area contributed by atoms with Crippen molar-refractivity contribution in [2.75, 3.05) is 44.9 Å². The lowest BCUT2D eigenvalue weighted by Crippen LogP contribution is -2.40. The molecule has 0 saturated carbocycles. The molecule has 0 radical (unpaired) electrons. The lowest BCUT2D eigenvalue weighted by atomic mass is 10.2. The second-order valence-electron chi connectivity index (χ2n) is 6.01. The van der Waals surface area contributed by atoms with Crippen LogP contribution in [0.4, 0.5) is 5.69 Å². The van der Waals surface area contributed by atoms with Crippen molar-refractivity contribution in [3.8, 4) is 11.5 Å². The number of hydrogen-bond donors (Lipinski definition) is 1. The van der Waals surface area contributed by atoms with Crippen molar-refractivity contribution >= 4 is 21.6 Å². The van der Waals surface area contributed by atoms with E-state index in [-0.39, 0.29) is 30.6 Å². The third-order valence-corrected chi connectivity index (χ3v) is 5.60. The van der Waals surface area contributed by atoms with E-state index in [0.717, 1.165) is 0 Å². The Balaban J connectivity index is 1.59. The highest BCUT2D eigenvalue weighted by Crippen LogP contribution is 2.31. The lowest BCUT2D eigenvalue weighted by Gasteiger charge is -2.29. The van der Waals surface area contributed by atoms with Crippen LogP contribution in [0.2, 0.25) is 0 Å². The number of sulfonamides is 1. The van der Waals surface area contributed by atoms with E-state index in [4.69, 9.17) is 14.2 Å². The number of methoxy groups -OCH3 is 1. The molecule has 8 nitrogen and oxygen atoms in total. The van der Waals surface area contributed by atoms with Crippen molar-refractivity contribution in [3.63, 3.8) is 0 Å². The normalized spacial score (nSPS) is 13.5. The number of rotatable bonds is 8. The fourth-order valence-corrected chi connectivity index (χ4v) is 3.74. The van der Waals surface area contributed by atoms with Crippen LogP contribution in [-0.4, -0.2) is 54.3 Å². The highest BCUT2D eigenvalue weighted by atomic mass is 32.2. The minimum atomic E-state index is -3.61. The van der Waals surface area contributed by atoms with Gasteiger partial charge in [-0.1, -0.05) is 12.1 Å². The highest BCUT2D eigenvalue weighted by molar-refractivity contribution is 7.89. The number of carbonyl (C=O) groups is 1. The van der Waals surface area contributed by atoms with E-state index in [0.29, 0.717) is 30.3 Å². The number of anilines is 1. The Hall–Kier alpha value is -2.62. The van der Waals surface area contributed by atoms with Crippen LogP contribution < -0.4 is 19.1 Å². The number of ether oxygens (including phenoxy) is 3. The molecule has 1 N–H and O–H groups in total. The summed E-state index contributed by atoms with van der Waals surface area (Å²) in [7, 11) is -2.11. The van der Waals surface area contributed by atoms with Gasteiger partial charge in [0.2, 0.25) is 10.0 Å². The van der Waals surface area contributed by atoms with Crippen LogP contribution in [0.5, 0.6) is 11.5 Å². The Kier molecular flexibility index (Phi) is 6.50. The van der Waals surface area contributed by atoms with Crippen molar-refractivity contribution in [1.29, 1.82) is 0 Å². The second kappa shape index (κ2) is 9.05. The Morgan fingerprint density at radius 3 is 2.68 bits per heavy atom.